The first-order valence-corrected chi connectivity index (χ1v) is 4.27. The Morgan fingerprint density at radius 2 is 1.94 bits per heavy atom. The van der Waals surface area contributed by atoms with Crippen molar-refractivity contribution in [1.29, 1.82) is 0 Å². The topological polar surface area (TPSA) is 52.3 Å². The molecule has 0 spiro atoms. The lowest BCUT2D eigenvalue weighted by Crippen LogP contribution is -2.24. The lowest BCUT2D eigenvalue weighted by molar-refractivity contribution is -0.142. The molecule has 2 N–H and O–H groups in total. The first kappa shape index (κ1) is 14.8. The van der Waals surface area contributed by atoms with Crippen molar-refractivity contribution in [1.82, 2.24) is 0 Å². The Balaban J connectivity index is 0.00000225. The predicted molar refractivity (Wildman–Crippen MR) is 57.3 cm³/mol. The van der Waals surface area contributed by atoms with Crippen LogP contribution in [-0.2, 0) is 9.53 Å². The largest absolute Gasteiger partial charge is 0.468 e. The first-order valence-electron chi connectivity index (χ1n) is 4.27. The van der Waals surface area contributed by atoms with Gasteiger partial charge in [0.05, 0.1) is 7.11 Å². The highest BCUT2D eigenvalue weighted by molar-refractivity contribution is 5.85. The second-order valence-corrected chi connectivity index (χ2v) is 3.10. The molecule has 1 aromatic rings. The van der Waals surface area contributed by atoms with E-state index >= 15 is 0 Å². The zero-order valence-corrected chi connectivity index (χ0v) is 9.61. The SMILES string of the molecule is COC(=O)[C@H](N)c1ccc(C)c(F)c1F.Cl. The van der Waals surface area contributed by atoms with E-state index in [1.54, 1.807) is 0 Å². The molecule has 0 saturated heterocycles. The van der Waals surface area contributed by atoms with Gasteiger partial charge in [0.15, 0.2) is 11.6 Å². The highest BCUT2D eigenvalue weighted by atomic mass is 35.5. The normalized spacial score (nSPS) is 11.6. The zero-order chi connectivity index (χ0) is 11.6. The van der Waals surface area contributed by atoms with Crippen LogP contribution in [0.3, 0.4) is 0 Å². The summed E-state index contributed by atoms with van der Waals surface area (Å²) in [7, 11) is 1.13. The van der Waals surface area contributed by atoms with Crippen molar-refractivity contribution < 1.29 is 18.3 Å². The number of hydrogen-bond donors (Lipinski definition) is 1. The Morgan fingerprint density at radius 3 is 2.44 bits per heavy atom. The van der Waals surface area contributed by atoms with E-state index < -0.39 is 23.6 Å². The van der Waals surface area contributed by atoms with Crippen molar-refractivity contribution >= 4 is 18.4 Å². The maximum absolute atomic E-state index is 13.3. The fourth-order valence-corrected chi connectivity index (χ4v) is 1.16. The molecule has 0 bridgehead atoms. The number of aryl methyl sites for hydroxylation is 1. The van der Waals surface area contributed by atoms with Crippen LogP contribution in [0.5, 0.6) is 0 Å². The summed E-state index contributed by atoms with van der Waals surface area (Å²) in [5, 5.41) is 0. The van der Waals surface area contributed by atoms with E-state index in [0.717, 1.165) is 7.11 Å². The van der Waals surface area contributed by atoms with Gasteiger partial charge in [-0.05, 0) is 12.5 Å². The average molecular weight is 252 g/mol. The number of benzene rings is 1. The van der Waals surface area contributed by atoms with Gasteiger partial charge in [0.1, 0.15) is 6.04 Å². The highest BCUT2D eigenvalue weighted by Gasteiger charge is 2.22. The summed E-state index contributed by atoms with van der Waals surface area (Å²) >= 11 is 0. The van der Waals surface area contributed by atoms with E-state index in [2.05, 4.69) is 4.74 Å². The molecule has 0 radical (unpaired) electrons. The minimum absolute atomic E-state index is 0. The number of halogens is 3. The van der Waals surface area contributed by atoms with Crippen molar-refractivity contribution in [3.8, 4) is 0 Å². The van der Waals surface area contributed by atoms with Crippen LogP contribution >= 0.6 is 12.4 Å². The third kappa shape index (κ3) is 2.68. The Hall–Kier alpha value is -1.20. The number of methoxy groups -OCH3 is 1. The average Bonchev–Trinajstić information content (AvgIpc) is 2.24. The fraction of sp³-hybridized carbons (Fsp3) is 0.300. The molecule has 16 heavy (non-hydrogen) atoms. The van der Waals surface area contributed by atoms with Crippen LogP contribution < -0.4 is 5.73 Å². The van der Waals surface area contributed by atoms with E-state index in [-0.39, 0.29) is 23.5 Å². The van der Waals surface area contributed by atoms with Gasteiger partial charge in [-0.2, -0.15) is 0 Å². The number of rotatable bonds is 2. The van der Waals surface area contributed by atoms with Gasteiger partial charge < -0.3 is 10.5 Å². The molecule has 0 heterocycles. The third-order valence-corrected chi connectivity index (χ3v) is 2.10. The summed E-state index contributed by atoms with van der Waals surface area (Å²) in [6.45, 7) is 1.42. The standard InChI is InChI=1S/C10H11F2NO2.ClH/c1-5-3-4-6(8(12)7(5)11)9(13)10(14)15-2;/h3-4,9H,13H2,1-2H3;1H/t9-;/m1./s1. The molecule has 0 aliphatic carbocycles. The second-order valence-electron chi connectivity index (χ2n) is 3.10. The van der Waals surface area contributed by atoms with E-state index in [4.69, 9.17) is 5.73 Å². The molecule has 3 nitrogen and oxygen atoms in total. The van der Waals surface area contributed by atoms with E-state index in [9.17, 15) is 13.6 Å². The maximum atomic E-state index is 13.3. The van der Waals surface area contributed by atoms with Crippen LogP contribution in [0, 0.1) is 18.6 Å². The van der Waals surface area contributed by atoms with Crippen LogP contribution in [0.1, 0.15) is 17.2 Å². The molecule has 6 heteroatoms. The minimum Gasteiger partial charge on any atom is -0.468 e. The van der Waals surface area contributed by atoms with Gasteiger partial charge in [0.25, 0.3) is 0 Å². The van der Waals surface area contributed by atoms with E-state index in [1.165, 1.54) is 19.1 Å². The van der Waals surface area contributed by atoms with Gasteiger partial charge in [-0.3, -0.25) is 4.79 Å². The molecule has 0 fully saturated rings. The molecule has 0 aliphatic rings. The van der Waals surface area contributed by atoms with Crippen molar-refractivity contribution in [3.05, 3.63) is 34.9 Å². The lowest BCUT2D eigenvalue weighted by Gasteiger charge is -2.11. The Kier molecular flexibility index (Phi) is 5.33. The number of esters is 1. The highest BCUT2D eigenvalue weighted by Crippen LogP contribution is 2.20. The number of ether oxygens (including phenoxy) is 1. The number of hydrogen-bond acceptors (Lipinski definition) is 3. The van der Waals surface area contributed by atoms with Gasteiger partial charge in [-0.25, -0.2) is 8.78 Å². The smallest absolute Gasteiger partial charge is 0.327 e. The summed E-state index contributed by atoms with van der Waals surface area (Å²) in [6, 6.07) is 1.33. The predicted octanol–water partition coefficient (Wildman–Crippen LogP) is 1.87. The molecular formula is C10H12ClF2NO2. The second kappa shape index (κ2) is 5.77. The van der Waals surface area contributed by atoms with Gasteiger partial charge >= 0.3 is 5.97 Å². The molecular weight excluding hydrogens is 240 g/mol. The third-order valence-electron chi connectivity index (χ3n) is 2.10. The number of nitrogens with two attached hydrogens (primary N) is 1. The molecule has 1 rings (SSSR count). The Morgan fingerprint density at radius 1 is 1.38 bits per heavy atom. The maximum Gasteiger partial charge on any atom is 0.327 e. The van der Waals surface area contributed by atoms with E-state index in [0.29, 0.717) is 0 Å². The first-order chi connectivity index (χ1) is 6.99. The van der Waals surface area contributed by atoms with Crippen molar-refractivity contribution in [2.75, 3.05) is 7.11 Å². The summed E-state index contributed by atoms with van der Waals surface area (Å²) in [5.74, 6) is -2.91. The lowest BCUT2D eigenvalue weighted by atomic mass is 10.0. The Labute approximate surface area is 98.0 Å². The summed E-state index contributed by atoms with van der Waals surface area (Å²) in [6.07, 6.45) is 0. The monoisotopic (exact) mass is 251 g/mol. The summed E-state index contributed by atoms with van der Waals surface area (Å²) < 4.78 is 30.8. The molecule has 0 saturated carbocycles. The summed E-state index contributed by atoms with van der Waals surface area (Å²) in [4.78, 5) is 11.0. The van der Waals surface area contributed by atoms with Crippen molar-refractivity contribution in [2.24, 2.45) is 5.73 Å². The molecule has 0 unspecified atom stereocenters. The fourth-order valence-electron chi connectivity index (χ4n) is 1.16. The molecule has 0 aliphatic heterocycles. The van der Waals surface area contributed by atoms with E-state index in [1.807, 2.05) is 0 Å². The quantitative estimate of drug-likeness (QED) is 0.817. The van der Waals surface area contributed by atoms with Crippen LogP contribution in [0.4, 0.5) is 8.78 Å². The number of carbonyl (C=O) groups excluding carboxylic acids is 1. The summed E-state index contributed by atoms with van der Waals surface area (Å²) in [5.41, 5.74) is 5.34. The van der Waals surface area contributed by atoms with Gasteiger partial charge in [0.2, 0.25) is 0 Å². The molecule has 90 valence electrons. The van der Waals surface area contributed by atoms with Gasteiger partial charge in [0, 0.05) is 5.56 Å². The van der Waals surface area contributed by atoms with Crippen molar-refractivity contribution in [3.63, 3.8) is 0 Å². The Bertz CT molecular complexity index is 399. The van der Waals surface area contributed by atoms with Crippen LogP contribution in [0.2, 0.25) is 0 Å². The van der Waals surface area contributed by atoms with Crippen LogP contribution in [-0.4, -0.2) is 13.1 Å². The molecule has 0 amide bonds. The van der Waals surface area contributed by atoms with Crippen molar-refractivity contribution in [2.45, 2.75) is 13.0 Å². The molecule has 1 atom stereocenters. The minimum atomic E-state index is -1.30. The zero-order valence-electron chi connectivity index (χ0n) is 8.79. The number of carbonyl (C=O) groups is 1. The molecule has 1 aromatic carbocycles. The van der Waals surface area contributed by atoms with Gasteiger partial charge in [-0.15, -0.1) is 12.4 Å². The van der Waals surface area contributed by atoms with Crippen LogP contribution in [0.25, 0.3) is 0 Å². The van der Waals surface area contributed by atoms with Crippen LogP contribution in [0.15, 0.2) is 12.1 Å². The van der Waals surface area contributed by atoms with Gasteiger partial charge in [-0.1, -0.05) is 12.1 Å². The molecule has 0 aromatic heterocycles.